The standard InChI is InChI=1S/C10H9BrF2O2/c1-14-9-3-7(12)6(2-8(9)13)10(11)4-15-5-10/h2-3H,4-5H2,1H3. The van der Waals surface area contributed by atoms with E-state index in [0.717, 1.165) is 12.1 Å². The van der Waals surface area contributed by atoms with Gasteiger partial charge in [-0.15, -0.1) is 0 Å². The summed E-state index contributed by atoms with van der Waals surface area (Å²) in [6.45, 7) is 0.686. The van der Waals surface area contributed by atoms with Gasteiger partial charge in [-0.2, -0.15) is 0 Å². The number of hydrogen-bond donors (Lipinski definition) is 0. The SMILES string of the molecule is COc1cc(F)c(C2(Br)COC2)cc1F. The summed E-state index contributed by atoms with van der Waals surface area (Å²) in [5.41, 5.74) is 0.270. The van der Waals surface area contributed by atoms with Gasteiger partial charge >= 0.3 is 0 Å². The van der Waals surface area contributed by atoms with Crippen LogP contribution in [0.15, 0.2) is 12.1 Å². The first-order chi connectivity index (χ1) is 7.07. The van der Waals surface area contributed by atoms with Gasteiger partial charge in [0.05, 0.1) is 20.3 Å². The second-order valence-corrected chi connectivity index (χ2v) is 4.94. The quantitative estimate of drug-likeness (QED) is 0.775. The molecule has 1 aliphatic rings. The van der Waals surface area contributed by atoms with Gasteiger partial charge in [0.15, 0.2) is 11.6 Å². The molecule has 82 valence electrons. The molecule has 0 aromatic heterocycles. The first kappa shape index (κ1) is 10.8. The highest BCUT2D eigenvalue weighted by molar-refractivity contribution is 9.09. The highest BCUT2D eigenvalue weighted by Crippen LogP contribution is 2.41. The lowest BCUT2D eigenvalue weighted by molar-refractivity contribution is -0.00859. The van der Waals surface area contributed by atoms with Crippen LogP contribution in [0.5, 0.6) is 5.75 Å². The minimum Gasteiger partial charge on any atom is -0.494 e. The molecule has 0 saturated carbocycles. The molecule has 0 unspecified atom stereocenters. The van der Waals surface area contributed by atoms with Gasteiger partial charge in [-0.25, -0.2) is 8.78 Å². The van der Waals surface area contributed by atoms with E-state index in [4.69, 9.17) is 4.74 Å². The fraction of sp³-hybridized carbons (Fsp3) is 0.400. The summed E-state index contributed by atoms with van der Waals surface area (Å²) in [5, 5.41) is 0. The summed E-state index contributed by atoms with van der Waals surface area (Å²) < 4.78 is 36.0. The number of ether oxygens (including phenoxy) is 2. The zero-order chi connectivity index (χ0) is 11.1. The molecular weight excluding hydrogens is 270 g/mol. The van der Waals surface area contributed by atoms with E-state index >= 15 is 0 Å². The van der Waals surface area contributed by atoms with Crippen molar-refractivity contribution >= 4 is 15.9 Å². The van der Waals surface area contributed by atoms with Gasteiger partial charge in [-0.05, 0) is 6.07 Å². The molecule has 2 rings (SSSR count). The number of halogens is 3. The minimum atomic E-state index is -0.593. The predicted molar refractivity (Wildman–Crippen MR) is 54.3 cm³/mol. The van der Waals surface area contributed by atoms with Crippen molar-refractivity contribution in [2.45, 2.75) is 4.32 Å². The molecule has 2 nitrogen and oxygen atoms in total. The van der Waals surface area contributed by atoms with Crippen molar-refractivity contribution in [3.63, 3.8) is 0 Å². The number of rotatable bonds is 2. The van der Waals surface area contributed by atoms with E-state index in [0.29, 0.717) is 13.2 Å². The van der Waals surface area contributed by atoms with E-state index in [1.807, 2.05) is 0 Å². The van der Waals surface area contributed by atoms with Crippen LogP contribution in [-0.2, 0) is 9.06 Å². The molecule has 1 saturated heterocycles. The predicted octanol–water partition coefficient (Wildman–Crippen LogP) is 2.59. The van der Waals surface area contributed by atoms with Crippen molar-refractivity contribution in [3.8, 4) is 5.75 Å². The van der Waals surface area contributed by atoms with Gasteiger partial charge in [0.25, 0.3) is 0 Å². The normalized spacial score (nSPS) is 18.4. The van der Waals surface area contributed by atoms with Gasteiger partial charge in [0, 0.05) is 11.6 Å². The third-order valence-corrected chi connectivity index (χ3v) is 3.27. The highest BCUT2D eigenvalue weighted by Gasteiger charge is 2.40. The van der Waals surface area contributed by atoms with Gasteiger partial charge < -0.3 is 9.47 Å². The fourth-order valence-corrected chi connectivity index (χ4v) is 2.09. The zero-order valence-corrected chi connectivity index (χ0v) is 9.61. The van der Waals surface area contributed by atoms with Crippen LogP contribution in [0.4, 0.5) is 8.78 Å². The number of methoxy groups -OCH3 is 1. The number of hydrogen-bond acceptors (Lipinski definition) is 2. The second-order valence-electron chi connectivity index (χ2n) is 3.42. The van der Waals surface area contributed by atoms with E-state index in [9.17, 15) is 8.78 Å². The average molecular weight is 279 g/mol. The first-order valence-electron chi connectivity index (χ1n) is 4.37. The topological polar surface area (TPSA) is 18.5 Å². The third-order valence-electron chi connectivity index (χ3n) is 2.39. The van der Waals surface area contributed by atoms with E-state index in [1.165, 1.54) is 7.11 Å². The number of benzene rings is 1. The minimum absolute atomic E-state index is 0.0902. The van der Waals surface area contributed by atoms with Crippen molar-refractivity contribution < 1.29 is 18.3 Å². The number of alkyl halides is 1. The lowest BCUT2D eigenvalue weighted by Crippen LogP contribution is -2.41. The van der Waals surface area contributed by atoms with Gasteiger partial charge in [0.2, 0.25) is 0 Å². The molecule has 1 aromatic carbocycles. The van der Waals surface area contributed by atoms with Crippen molar-refractivity contribution in [2.24, 2.45) is 0 Å². The fourth-order valence-electron chi connectivity index (χ4n) is 1.47. The van der Waals surface area contributed by atoms with Crippen molar-refractivity contribution in [1.29, 1.82) is 0 Å². The molecule has 0 radical (unpaired) electrons. The van der Waals surface area contributed by atoms with Crippen molar-refractivity contribution in [2.75, 3.05) is 20.3 Å². The third kappa shape index (κ3) is 1.74. The van der Waals surface area contributed by atoms with Gasteiger partial charge in [0.1, 0.15) is 10.1 Å². The molecule has 0 spiro atoms. The molecule has 1 aliphatic heterocycles. The smallest absolute Gasteiger partial charge is 0.165 e. The van der Waals surface area contributed by atoms with Crippen LogP contribution < -0.4 is 4.74 Å². The summed E-state index contributed by atoms with van der Waals surface area (Å²) in [6.07, 6.45) is 0. The van der Waals surface area contributed by atoms with E-state index in [2.05, 4.69) is 20.7 Å². The molecule has 0 aliphatic carbocycles. The van der Waals surface area contributed by atoms with Crippen LogP contribution in [0, 0.1) is 11.6 Å². The molecular formula is C10H9BrF2O2. The molecule has 1 fully saturated rings. The Balaban J connectivity index is 2.45. The van der Waals surface area contributed by atoms with E-state index < -0.39 is 16.0 Å². The lowest BCUT2D eigenvalue weighted by Gasteiger charge is -2.36. The molecule has 0 N–H and O–H groups in total. The maximum absolute atomic E-state index is 13.6. The maximum Gasteiger partial charge on any atom is 0.165 e. The Kier molecular flexibility index (Phi) is 2.68. The largest absolute Gasteiger partial charge is 0.494 e. The zero-order valence-electron chi connectivity index (χ0n) is 8.02. The lowest BCUT2D eigenvalue weighted by atomic mass is 9.96. The molecule has 0 bridgehead atoms. The highest BCUT2D eigenvalue weighted by atomic mass is 79.9. The maximum atomic E-state index is 13.6. The molecule has 1 heterocycles. The van der Waals surface area contributed by atoms with Gasteiger partial charge in [-0.3, -0.25) is 0 Å². The molecule has 1 aromatic rings. The van der Waals surface area contributed by atoms with Crippen LogP contribution in [0.3, 0.4) is 0 Å². The second kappa shape index (κ2) is 3.72. The summed E-state index contributed by atoms with van der Waals surface area (Å²) >= 11 is 3.33. The van der Waals surface area contributed by atoms with E-state index in [-0.39, 0.29) is 11.3 Å². The van der Waals surface area contributed by atoms with Crippen molar-refractivity contribution in [3.05, 3.63) is 29.3 Å². The van der Waals surface area contributed by atoms with E-state index in [1.54, 1.807) is 0 Å². The van der Waals surface area contributed by atoms with Gasteiger partial charge in [-0.1, -0.05) is 15.9 Å². The summed E-state index contributed by atoms with van der Waals surface area (Å²) in [4.78, 5) is 0. The Morgan fingerprint density at radius 2 is 2.00 bits per heavy atom. The molecule has 0 atom stereocenters. The summed E-state index contributed by atoms with van der Waals surface area (Å²) in [7, 11) is 1.30. The average Bonchev–Trinajstić information content (AvgIpc) is 2.17. The van der Waals surface area contributed by atoms with Crippen LogP contribution in [0.2, 0.25) is 0 Å². The monoisotopic (exact) mass is 278 g/mol. The van der Waals surface area contributed by atoms with Crippen LogP contribution in [0.1, 0.15) is 5.56 Å². The van der Waals surface area contributed by atoms with Crippen LogP contribution in [-0.4, -0.2) is 20.3 Å². The Morgan fingerprint density at radius 3 is 2.47 bits per heavy atom. The first-order valence-corrected chi connectivity index (χ1v) is 5.16. The Hall–Kier alpha value is -0.680. The summed E-state index contributed by atoms with van der Waals surface area (Å²) in [5.74, 6) is -1.15. The van der Waals surface area contributed by atoms with Crippen molar-refractivity contribution in [1.82, 2.24) is 0 Å². The molecule has 15 heavy (non-hydrogen) atoms. The molecule has 0 amide bonds. The van der Waals surface area contributed by atoms with Crippen LogP contribution >= 0.6 is 15.9 Å². The van der Waals surface area contributed by atoms with Crippen LogP contribution in [0.25, 0.3) is 0 Å². The Labute approximate surface area is 94.3 Å². The Bertz CT molecular complexity index is 391. The molecule has 5 heteroatoms. The summed E-state index contributed by atoms with van der Waals surface area (Å²) in [6, 6.07) is 2.19. The Morgan fingerprint density at radius 1 is 1.33 bits per heavy atom.